The Hall–Kier alpha value is -2.66. The van der Waals surface area contributed by atoms with Gasteiger partial charge in [-0.3, -0.25) is 4.68 Å². The van der Waals surface area contributed by atoms with E-state index >= 15 is 0 Å². The van der Waals surface area contributed by atoms with E-state index < -0.39 is 43.5 Å². The Labute approximate surface area is 199 Å². The molecule has 1 aromatic carbocycles. The molecule has 0 radical (unpaired) electrons. The summed E-state index contributed by atoms with van der Waals surface area (Å²) in [6.07, 6.45) is -7.54. The largest absolute Gasteiger partial charge is 0.508 e. The minimum atomic E-state index is -1.58. The highest BCUT2D eigenvalue weighted by Gasteiger charge is 2.46. The zero-order valence-electron chi connectivity index (χ0n) is 20.4. The van der Waals surface area contributed by atoms with Crippen LogP contribution in [0.25, 0.3) is 0 Å². The van der Waals surface area contributed by atoms with Crippen LogP contribution in [0.4, 0.5) is 4.79 Å². The predicted molar refractivity (Wildman–Crippen MR) is 122 cm³/mol. The summed E-state index contributed by atoms with van der Waals surface area (Å²) in [4.78, 5) is 11.3. The van der Waals surface area contributed by atoms with Crippen molar-refractivity contribution in [3.8, 4) is 5.88 Å². The first kappa shape index (κ1) is 26.0. The Morgan fingerprint density at radius 3 is 2.44 bits per heavy atom. The summed E-state index contributed by atoms with van der Waals surface area (Å²) in [5.41, 5.74) is 5.16. The molecule has 1 saturated heterocycles. The van der Waals surface area contributed by atoms with Crippen molar-refractivity contribution in [1.29, 1.82) is 0 Å². The zero-order valence-corrected chi connectivity index (χ0v) is 20.4. The Balaban J connectivity index is 1.88. The van der Waals surface area contributed by atoms with Crippen LogP contribution in [-0.4, -0.2) is 75.7 Å². The average Bonchev–Trinajstić information content (AvgIpc) is 3.10. The molecule has 3 N–H and O–H groups in total. The lowest BCUT2D eigenvalue weighted by atomic mass is 9.99. The highest BCUT2D eigenvalue weighted by Crippen LogP contribution is 2.31. The maximum absolute atomic E-state index is 11.3. The van der Waals surface area contributed by atoms with Gasteiger partial charge in [-0.1, -0.05) is 18.2 Å². The van der Waals surface area contributed by atoms with Crippen molar-refractivity contribution in [2.45, 2.75) is 77.8 Å². The summed E-state index contributed by atoms with van der Waals surface area (Å²) in [5.74, 6) is 0.254. The van der Waals surface area contributed by atoms with Crippen LogP contribution < -0.4 is 4.74 Å². The van der Waals surface area contributed by atoms with Crippen LogP contribution in [0, 0.1) is 20.8 Å². The third-order valence-electron chi connectivity index (χ3n) is 6.11. The maximum Gasteiger partial charge on any atom is 0.508 e. The fraction of sp³-hybridized carbons (Fsp3) is 0.583. The van der Waals surface area contributed by atoms with E-state index in [2.05, 4.69) is 35.8 Å². The zero-order chi connectivity index (χ0) is 25.2. The van der Waals surface area contributed by atoms with Crippen molar-refractivity contribution in [3.63, 3.8) is 0 Å². The lowest BCUT2D eigenvalue weighted by molar-refractivity contribution is -0.278. The number of aromatic nitrogens is 2. The molecule has 0 unspecified atom stereocenters. The van der Waals surface area contributed by atoms with Crippen LogP contribution in [-0.2, 0) is 20.6 Å². The molecule has 1 aliphatic rings. The number of hydrogen-bond acceptors (Lipinski definition) is 9. The van der Waals surface area contributed by atoms with Gasteiger partial charge in [0.2, 0.25) is 12.2 Å². The van der Waals surface area contributed by atoms with E-state index in [1.807, 2.05) is 31.5 Å². The van der Waals surface area contributed by atoms with Gasteiger partial charge in [0, 0.05) is 23.7 Å². The molecule has 34 heavy (non-hydrogen) atoms. The van der Waals surface area contributed by atoms with E-state index in [1.54, 1.807) is 0 Å². The first-order valence-corrected chi connectivity index (χ1v) is 11.2. The molecule has 2 heterocycles. The second-order valence-electron chi connectivity index (χ2n) is 8.90. The van der Waals surface area contributed by atoms with Crippen molar-refractivity contribution < 1.29 is 39.1 Å². The Morgan fingerprint density at radius 1 is 1.12 bits per heavy atom. The monoisotopic (exact) mass is 478 g/mol. The molecule has 188 valence electrons. The lowest BCUT2D eigenvalue weighted by Crippen LogP contribution is -2.60. The number of aliphatic hydroxyl groups is 3. The molecule has 10 heteroatoms. The third kappa shape index (κ3) is 5.52. The molecule has 5 atom stereocenters. The first-order chi connectivity index (χ1) is 16.0. The number of carbonyl (C=O) groups excluding carboxylic acids is 1. The van der Waals surface area contributed by atoms with Gasteiger partial charge in [-0.05, 0) is 51.3 Å². The van der Waals surface area contributed by atoms with Gasteiger partial charge in [0.05, 0.1) is 7.11 Å². The van der Waals surface area contributed by atoms with Crippen LogP contribution in [0.5, 0.6) is 5.88 Å². The number of aryl methyl sites for hydroxylation is 2. The van der Waals surface area contributed by atoms with Gasteiger partial charge in [0.25, 0.3) is 0 Å². The number of carbonyl (C=O) groups is 1. The Kier molecular flexibility index (Phi) is 8.19. The van der Waals surface area contributed by atoms with E-state index in [4.69, 9.17) is 14.2 Å². The molecule has 3 rings (SSSR count). The van der Waals surface area contributed by atoms with E-state index in [-0.39, 0.29) is 11.9 Å². The predicted octanol–water partition coefficient (Wildman–Crippen LogP) is 1.95. The summed E-state index contributed by atoms with van der Waals surface area (Å²) >= 11 is 0. The molecule has 0 amide bonds. The highest BCUT2D eigenvalue weighted by atomic mass is 16.7. The molecular weight excluding hydrogens is 444 g/mol. The van der Waals surface area contributed by atoms with Crippen LogP contribution in [0.15, 0.2) is 18.2 Å². The van der Waals surface area contributed by atoms with Crippen LogP contribution in [0.3, 0.4) is 0 Å². The fourth-order valence-corrected chi connectivity index (χ4v) is 3.92. The van der Waals surface area contributed by atoms with Crippen LogP contribution in [0.2, 0.25) is 0 Å². The van der Waals surface area contributed by atoms with Crippen molar-refractivity contribution in [2.75, 3.05) is 13.7 Å². The standard InChI is InChI=1S/C24H34N2O8/c1-12(2)26-15(5)17(10-16-8-7-13(3)14(4)9-16)22(25-26)34-23-21(29)20(28)19(27)18(33-23)11-32-24(30)31-6/h7-9,12,18-21,23,27-29H,10-11H2,1-6H3/t18-,19-,20+,21-,23+/m1/s1. The number of benzene rings is 1. The summed E-state index contributed by atoms with van der Waals surface area (Å²) in [6, 6.07) is 6.27. The van der Waals surface area contributed by atoms with Crippen molar-refractivity contribution in [1.82, 2.24) is 9.78 Å². The number of ether oxygens (including phenoxy) is 4. The van der Waals surface area contributed by atoms with Crippen molar-refractivity contribution in [3.05, 3.63) is 46.1 Å². The smallest absolute Gasteiger partial charge is 0.443 e. The van der Waals surface area contributed by atoms with Gasteiger partial charge in [-0.2, -0.15) is 0 Å². The van der Waals surface area contributed by atoms with E-state index in [9.17, 15) is 20.1 Å². The molecular formula is C24H34N2O8. The molecule has 0 spiro atoms. The topological polar surface area (TPSA) is 132 Å². The summed E-state index contributed by atoms with van der Waals surface area (Å²) < 4.78 is 22.7. The molecule has 2 aromatic rings. The van der Waals surface area contributed by atoms with Gasteiger partial charge in [0.1, 0.15) is 31.0 Å². The fourth-order valence-electron chi connectivity index (χ4n) is 3.92. The number of rotatable bonds is 7. The second kappa shape index (κ2) is 10.7. The molecule has 0 saturated carbocycles. The van der Waals surface area contributed by atoms with E-state index in [1.165, 1.54) is 11.1 Å². The molecule has 10 nitrogen and oxygen atoms in total. The minimum Gasteiger partial charge on any atom is -0.443 e. The molecule has 0 bridgehead atoms. The summed E-state index contributed by atoms with van der Waals surface area (Å²) in [7, 11) is 1.15. The second-order valence-corrected chi connectivity index (χ2v) is 8.90. The van der Waals surface area contributed by atoms with Crippen LogP contribution >= 0.6 is 0 Å². The minimum absolute atomic E-state index is 0.0571. The molecule has 1 aliphatic heterocycles. The molecule has 1 fully saturated rings. The SMILES string of the molecule is COC(=O)OC[C@H]1O[C@@H](Oc2nn(C(C)C)c(C)c2Cc2ccc(C)c(C)c2)[C@H](O)[C@@H](O)[C@@H]1O. The molecule has 0 aliphatic carbocycles. The van der Waals surface area contributed by atoms with Gasteiger partial charge in [-0.25, -0.2) is 4.79 Å². The normalized spacial score (nSPS) is 24.8. The lowest BCUT2D eigenvalue weighted by Gasteiger charge is -2.39. The number of hydrogen-bond donors (Lipinski definition) is 3. The number of methoxy groups -OCH3 is 1. The van der Waals surface area contributed by atoms with E-state index in [0.29, 0.717) is 6.42 Å². The van der Waals surface area contributed by atoms with Gasteiger partial charge in [0.15, 0.2) is 0 Å². The van der Waals surface area contributed by atoms with Crippen LogP contribution in [0.1, 0.15) is 47.8 Å². The van der Waals surface area contributed by atoms with Crippen molar-refractivity contribution >= 4 is 6.16 Å². The van der Waals surface area contributed by atoms with Crippen molar-refractivity contribution in [2.24, 2.45) is 0 Å². The Bertz CT molecular complexity index is 1010. The van der Waals surface area contributed by atoms with Gasteiger partial charge < -0.3 is 34.3 Å². The van der Waals surface area contributed by atoms with Gasteiger partial charge >= 0.3 is 6.16 Å². The van der Waals surface area contributed by atoms with E-state index in [0.717, 1.165) is 23.9 Å². The third-order valence-corrected chi connectivity index (χ3v) is 6.11. The number of aliphatic hydroxyl groups excluding tert-OH is 3. The average molecular weight is 479 g/mol. The Morgan fingerprint density at radius 2 is 1.82 bits per heavy atom. The maximum atomic E-state index is 11.3. The van der Waals surface area contributed by atoms with Gasteiger partial charge in [-0.15, -0.1) is 5.10 Å². The summed E-state index contributed by atoms with van der Waals surface area (Å²) in [6.45, 7) is 9.64. The number of nitrogens with zero attached hydrogens (tertiary/aromatic N) is 2. The summed E-state index contributed by atoms with van der Waals surface area (Å²) in [5, 5.41) is 35.7. The highest BCUT2D eigenvalue weighted by molar-refractivity contribution is 5.59. The first-order valence-electron chi connectivity index (χ1n) is 11.2. The molecule has 1 aromatic heterocycles. The quantitative estimate of drug-likeness (QED) is 0.511.